The molecule has 1 amide bonds. The number of ether oxygens (including phenoxy) is 1. The largest absolute Gasteiger partial charge is 0.379 e. The molecule has 0 saturated carbocycles. The molecule has 3 heteroatoms. The maximum absolute atomic E-state index is 11.6. The molecule has 2 aliphatic rings. The number of amides is 1. The third-order valence-corrected chi connectivity index (χ3v) is 3.21. The normalized spacial score (nSPS) is 31.4. The molecule has 0 aliphatic carbocycles. The Morgan fingerprint density at radius 2 is 2.43 bits per heavy atom. The van der Waals surface area contributed by atoms with Crippen molar-refractivity contribution < 1.29 is 9.53 Å². The summed E-state index contributed by atoms with van der Waals surface area (Å²) >= 11 is 0. The van der Waals surface area contributed by atoms with Gasteiger partial charge in [0.2, 0.25) is 5.91 Å². The van der Waals surface area contributed by atoms with Crippen molar-refractivity contribution in [2.24, 2.45) is 0 Å². The number of hydrogen-bond donors (Lipinski definition) is 0. The van der Waals surface area contributed by atoms with E-state index in [1.165, 1.54) is 0 Å². The molecule has 1 atom stereocenters. The first-order valence-electron chi connectivity index (χ1n) is 5.23. The van der Waals surface area contributed by atoms with Gasteiger partial charge in [-0.05, 0) is 19.8 Å². The summed E-state index contributed by atoms with van der Waals surface area (Å²) in [5.41, 5.74) is 1.13. The van der Waals surface area contributed by atoms with Crippen molar-refractivity contribution in [3.63, 3.8) is 0 Å². The number of carbonyl (C=O) groups is 1. The fourth-order valence-corrected chi connectivity index (χ4v) is 2.55. The highest BCUT2D eigenvalue weighted by atomic mass is 16.5. The predicted molar refractivity (Wildman–Crippen MR) is 53.9 cm³/mol. The van der Waals surface area contributed by atoms with Crippen LogP contribution in [0.4, 0.5) is 0 Å². The lowest BCUT2D eigenvalue weighted by Gasteiger charge is -2.30. The minimum absolute atomic E-state index is 0.0375. The van der Waals surface area contributed by atoms with Gasteiger partial charge in [0.15, 0.2) is 0 Å². The Kier molecular flexibility index (Phi) is 2.35. The highest BCUT2D eigenvalue weighted by molar-refractivity contribution is 5.81. The first-order valence-corrected chi connectivity index (χ1v) is 5.23. The standard InChI is InChI=1S/C11H17NO2/c1-3-14-8-11-5-4-10(13)12(11)7-9(2)6-11/h2-8H2,1H3/t11-/m0/s1. The molecule has 2 fully saturated rings. The third kappa shape index (κ3) is 1.36. The van der Waals surface area contributed by atoms with Crippen molar-refractivity contribution in [2.45, 2.75) is 31.7 Å². The van der Waals surface area contributed by atoms with Gasteiger partial charge in [-0.1, -0.05) is 12.2 Å². The maximum Gasteiger partial charge on any atom is 0.223 e. The summed E-state index contributed by atoms with van der Waals surface area (Å²) in [4.78, 5) is 13.6. The molecule has 3 nitrogen and oxygen atoms in total. The van der Waals surface area contributed by atoms with Gasteiger partial charge < -0.3 is 9.64 Å². The first kappa shape index (κ1) is 9.71. The minimum atomic E-state index is -0.0375. The van der Waals surface area contributed by atoms with E-state index in [4.69, 9.17) is 4.74 Å². The number of hydrogen-bond acceptors (Lipinski definition) is 2. The van der Waals surface area contributed by atoms with Crippen LogP contribution < -0.4 is 0 Å². The van der Waals surface area contributed by atoms with Gasteiger partial charge in [0.05, 0.1) is 12.1 Å². The molecule has 0 radical (unpaired) electrons. The average Bonchev–Trinajstić information content (AvgIpc) is 2.62. The fourth-order valence-electron chi connectivity index (χ4n) is 2.55. The molecular weight excluding hydrogens is 178 g/mol. The van der Waals surface area contributed by atoms with E-state index >= 15 is 0 Å². The van der Waals surface area contributed by atoms with E-state index in [0.717, 1.165) is 31.6 Å². The number of carbonyl (C=O) groups excluding carboxylic acids is 1. The van der Waals surface area contributed by atoms with Crippen molar-refractivity contribution in [3.05, 3.63) is 12.2 Å². The highest BCUT2D eigenvalue weighted by Crippen LogP contribution is 2.41. The summed E-state index contributed by atoms with van der Waals surface area (Å²) in [6.45, 7) is 8.10. The number of nitrogens with zero attached hydrogens (tertiary/aromatic N) is 1. The van der Waals surface area contributed by atoms with Crippen molar-refractivity contribution in [1.29, 1.82) is 0 Å². The maximum atomic E-state index is 11.6. The number of rotatable bonds is 3. The summed E-state index contributed by atoms with van der Waals surface area (Å²) in [5.74, 6) is 0.267. The molecular formula is C11H17NO2. The first-order chi connectivity index (χ1) is 6.68. The summed E-state index contributed by atoms with van der Waals surface area (Å²) in [6.07, 6.45) is 2.55. The van der Waals surface area contributed by atoms with Crippen LogP contribution in [0.2, 0.25) is 0 Å². The molecule has 2 rings (SSSR count). The van der Waals surface area contributed by atoms with Crippen LogP contribution in [-0.2, 0) is 9.53 Å². The van der Waals surface area contributed by atoms with Crippen molar-refractivity contribution >= 4 is 5.91 Å². The van der Waals surface area contributed by atoms with Gasteiger partial charge >= 0.3 is 0 Å². The molecule has 2 saturated heterocycles. The van der Waals surface area contributed by atoms with Crippen LogP contribution in [0.1, 0.15) is 26.2 Å². The molecule has 0 unspecified atom stereocenters. The summed E-state index contributed by atoms with van der Waals surface area (Å²) in [6, 6.07) is 0. The zero-order valence-electron chi connectivity index (χ0n) is 8.71. The Labute approximate surface area is 84.7 Å². The molecule has 2 aliphatic heterocycles. The Bertz CT molecular complexity index is 274. The highest BCUT2D eigenvalue weighted by Gasteiger charge is 2.49. The number of fused-ring (bicyclic) bond motifs is 1. The van der Waals surface area contributed by atoms with Crippen LogP contribution in [0.25, 0.3) is 0 Å². The van der Waals surface area contributed by atoms with Gasteiger partial charge in [-0.25, -0.2) is 0 Å². The second kappa shape index (κ2) is 3.39. The summed E-state index contributed by atoms with van der Waals surface area (Å²) in [5, 5.41) is 0. The van der Waals surface area contributed by atoms with Crippen LogP contribution in [0.5, 0.6) is 0 Å². The van der Waals surface area contributed by atoms with Gasteiger partial charge in [0.1, 0.15) is 0 Å². The SMILES string of the molecule is C=C1CN2C(=O)CC[C@@]2(COCC)C1. The Morgan fingerprint density at radius 3 is 3.14 bits per heavy atom. The average molecular weight is 195 g/mol. The van der Waals surface area contributed by atoms with E-state index in [1.54, 1.807) is 0 Å². The third-order valence-electron chi connectivity index (χ3n) is 3.21. The Balaban J connectivity index is 2.14. The van der Waals surface area contributed by atoms with Crippen LogP contribution >= 0.6 is 0 Å². The minimum Gasteiger partial charge on any atom is -0.379 e. The molecule has 0 aromatic rings. The van der Waals surface area contributed by atoms with Gasteiger partial charge in [0.25, 0.3) is 0 Å². The van der Waals surface area contributed by atoms with Gasteiger partial charge in [-0.3, -0.25) is 4.79 Å². The predicted octanol–water partition coefficient (Wildman–Crippen LogP) is 1.34. The van der Waals surface area contributed by atoms with E-state index in [0.29, 0.717) is 13.0 Å². The lowest BCUT2D eigenvalue weighted by atomic mass is 9.94. The van der Waals surface area contributed by atoms with Crippen molar-refractivity contribution in [2.75, 3.05) is 19.8 Å². The lowest BCUT2D eigenvalue weighted by Crippen LogP contribution is -2.44. The van der Waals surface area contributed by atoms with Gasteiger partial charge in [0, 0.05) is 19.6 Å². The van der Waals surface area contributed by atoms with Crippen molar-refractivity contribution in [1.82, 2.24) is 4.90 Å². The lowest BCUT2D eigenvalue weighted by molar-refractivity contribution is -0.130. The van der Waals surface area contributed by atoms with Gasteiger partial charge in [-0.2, -0.15) is 0 Å². The van der Waals surface area contributed by atoms with E-state index in [1.807, 2.05) is 11.8 Å². The molecule has 78 valence electrons. The second-order valence-electron chi connectivity index (χ2n) is 4.27. The van der Waals surface area contributed by atoms with Crippen molar-refractivity contribution in [3.8, 4) is 0 Å². The van der Waals surface area contributed by atoms with E-state index in [-0.39, 0.29) is 11.4 Å². The Hall–Kier alpha value is -0.830. The fraction of sp³-hybridized carbons (Fsp3) is 0.727. The van der Waals surface area contributed by atoms with E-state index < -0.39 is 0 Å². The second-order valence-corrected chi connectivity index (χ2v) is 4.27. The zero-order chi connectivity index (χ0) is 10.2. The van der Waals surface area contributed by atoms with Gasteiger partial charge in [-0.15, -0.1) is 0 Å². The smallest absolute Gasteiger partial charge is 0.223 e. The summed E-state index contributed by atoms with van der Waals surface area (Å²) < 4.78 is 5.48. The summed E-state index contributed by atoms with van der Waals surface area (Å²) in [7, 11) is 0. The molecule has 0 aromatic heterocycles. The molecule has 2 heterocycles. The zero-order valence-corrected chi connectivity index (χ0v) is 8.71. The van der Waals surface area contributed by atoms with E-state index in [9.17, 15) is 4.79 Å². The van der Waals surface area contributed by atoms with E-state index in [2.05, 4.69) is 6.58 Å². The van der Waals surface area contributed by atoms with Crippen LogP contribution in [0.15, 0.2) is 12.2 Å². The molecule has 0 bridgehead atoms. The quantitative estimate of drug-likeness (QED) is 0.636. The monoisotopic (exact) mass is 195 g/mol. The van der Waals surface area contributed by atoms with Crippen LogP contribution in [0.3, 0.4) is 0 Å². The molecule has 0 N–H and O–H groups in total. The molecule has 0 aromatic carbocycles. The van der Waals surface area contributed by atoms with Crippen LogP contribution in [-0.4, -0.2) is 36.1 Å². The van der Waals surface area contributed by atoms with Crippen LogP contribution in [0, 0.1) is 0 Å². The molecule has 0 spiro atoms. The topological polar surface area (TPSA) is 29.5 Å². The molecule has 14 heavy (non-hydrogen) atoms. The Morgan fingerprint density at radius 1 is 1.64 bits per heavy atom.